The summed E-state index contributed by atoms with van der Waals surface area (Å²) in [7, 11) is 0. The molecule has 1 aromatic heterocycles. The van der Waals surface area contributed by atoms with Gasteiger partial charge in [0.25, 0.3) is 0 Å². The van der Waals surface area contributed by atoms with Crippen LogP contribution in [0.1, 0.15) is 19.4 Å². The van der Waals surface area contributed by atoms with Crippen molar-refractivity contribution in [2.75, 3.05) is 6.61 Å². The molecule has 0 spiro atoms. The van der Waals surface area contributed by atoms with Crippen LogP contribution in [0.25, 0.3) is 6.08 Å². The second kappa shape index (κ2) is 7.21. The molecule has 0 aromatic carbocycles. The fourth-order valence-electron chi connectivity index (χ4n) is 1.23. The Hall–Kier alpha value is -2.17. The molecule has 1 heterocycles. The first-order valence-corrected chi connectivity index (χ1v) is 5.68. The van der Waals surface area contributed by atoms with Crippen LogP contribution in [-0.2, 0) is 14.3 Å². The summed E-state index contributed by atoms with van der Waals surface area (Å²) < 4.78 is 4.78. The van der Waals surface area contributed by atoms with E-state index >= 15 is 0 Å². The Balaban J connectivity index is 2.47. The van der Waals surface area contributed by atoms with Crippen LogP contribution in [-0.4, -0.2) is 29.5 Å². The van der Waals surface area contributed by atoms with Crippen molar-refractivity contribution in [3.63, 3.8) is 0 Å². The zero-order chi connectivity index (χ0) is 13.4. The number of hydrogen-bond donors (Lipinski definition) is 1. The maximum absolute atomic E-state index is 11.5. The van der Waals surface area contributed by atoms with Crippen LogP contribution in [0, 0.1) is 0 Å². The Morgan fingerprint density at radius 2 is 2.33 bits per heavy atom. The number of aromatic nitrogens is 1. The van der Waals surface area contributed by atoms with Crippen LogP contribution in [0.3, 0.4) is 0 Å². The highest BCUT2D eigenvalue weighted by Gasteiger charge is 2.14. The maximum atomic E-state index is 11.5. The van der Waals surface area contributed by atoms with E-state index in [1.165, 1.54) is 6.08 Å². The van der Waals surface area contributed by atoms with Gasteiger partial charge in [-0.2, -0.15) is 0 Å². The van der Waals surface area contributed by atoms with Crippen molar-refractivity contribution in [1.82, 2.24) is 10.3 Å². The smallest absolute Gasteiger partial charge is 0.328 e. The van der Waals surface area contributed by atoms with Crippen LogP contribution < -0.4 is 5.32 Å². The van der Waals surface area contributed by atoms with E-state index in [4.69, 9.17) is 4.74 Å². The molecule has 0 bridgehead atoms. The molecule has 1 amide bonds. The SMILES string of the molecule is CCOC(=O)C(C)NC(=O)C=Cc1cccnc1. The van der Waals surface area contributed by atoms with Crippen LogP contribution in [0.5, 0.6) is 0 Å². The van der Waals surface area contributed by atoms with Crippen molar-refractivity contribution in [3.8, 4) is 0 Å². The van der Waals surface area contributed by atoms with E-state index in [2.05, 4.69) is 10.3 Å². The van der Waals surface area contributed by atoms with Crippen molar-refractivity contribution in [2.24, 2.45) is 0 Å². The number of pyridine rings is 1. The fourth-order valence-corrected chi connectivity index (χ4v) is 1.23. The molecule has 1 atom stereocenters. The number of esters is 1. The Bertz CT molecular complexity index is 429. The second-order valence-electron chi connectivity index (χ2n) is 3.60. The lowest BCUT2D eigenvalue weighted by Gasteiger charge is -2.10. The number of rotatable bonds is 5. The molecule has 96 valence electrons. The van der Waals surface area contributed by atoms with Gasteiger partial charge in [-0.25, -0.2) is 4.79 Å². The number of nitrogens with zero attached hydrogens (tertiary/aromatic N) is 1. The van der Waals surface area contributed by atoms with Crippen molar-refractivity contribution >= 4 is 18.0 Å². The molecule has 0 aliphatic heterocycles. The molecule has 5 nitrogen and oxygen atoms in total. The Morgan fingerprint density at radius 1 is 1.56 bits per heavy atom. The van der Waals surface area contributed by atoms with Gasteiger partial charge in [0.2, 0.25) is 5.91 Å². The third kappa shape index (κ3) is 4.78. The van der Waals surface area contributed by atoms with Gasteiger partial charge in [-0.15, -0.1) is 0 Å². The highest BCUT2D eigenvalue weighted by atomic mass is 16.5. The lowest BCUT2D eigenvalue weighted by atomic mass is 10.2. The maximum Gasteiger partial charge on any atom is 0.328 e. The third-order valence-electron chi connectivity index (χ3n) is 2.11. The Kier molecular flexibility index (Phi) is 5.57. The lowest BCUT2D eigenvalue weighted by molar-refractivity contribution is -0.146. The molecule has 0 aliphatic rings. The summed E-state index contributed by atoms with van der Waals surface area (Å²) >= 11 is 0. The summed E-state index contributed by atoms with van der Waals surface area (Å²) in [5, 5.41) is 2.51. The molecule has 1 aromatic rings. The molecule has 1 rings (SSSR count). The number of amides is 1. The van der Waals surface area contributed by atoms with Crippen molar-refractivity contribution < 1.29 is 14.3 Å². The van der Waals surface area contributed by atoms with E-state index in [-0.39, 0.29) is 5.91 Å². The van der Waals surface area contributed by atoms with Crippen molar-refractivity contribution in [1.29, 1.82) is 0 Å². The molecule has 0 fully saturated rings. The predicted octanol–water partition coefficient (Wildman–Crippen LogP) is 1.16. The minimum absolute atomic E-state index is 0.296. The van der Waals surface area contributed by atoms with Gasteiger partial charge in [-0.3, -0.25) is 9.78 Å². The van der Waals surface area contributed by atoms with Crippen LogP contribution in [0.15, 0.2) is 30.6 Å². The number of hydrogen-bond acceptors (Lipinski definition) is 4. The molecule has 0 saturated heterocycles. The Labute approximate surface area is 106 Å². The fraction of sp³-hybridized carbons (Fsp3) is 0.308. The van der Waals surface area contributed by atoms with Crippen LogP contribution in [0.4, 0.5) is 0 Å². The third-order valence-corrected chi connectivity index (χ3v) is 2.11. The van der Waals surface area contributed by atoms with E-state index in [9.17, 15) is 9.59 Å². The summed E-state index contributed by atoms with van der Waals surface area (Å²) in [6.45, 7) is 3.59. The minimum Gasteiger partial charge on any atom is -0.464 e. The molecule has 0 aliphatic carbocycles. The van der Waals surface area contributed by atoms with Crippen molar-refractivity contribution in [2.45, 2.75) is 19.9 Å². The molecular weight excluding hydrogens is 232 g/mol. The van der Waals surface area contributed by atoms with Crippen molar-refractivity contribution in [3.05, 3.63) is 36.2 Å². The largest absolute Gasteiger partial charge is 0.464 e. The molecular formula is C13H16N2O3. The number of ether oxygens (including phenoxy) is 1. The van der Waals surface area contributed by atoms with Gasteiger partial charge in [0.1, 0.15) is 6.04 Å². The average Bonchev–Trinajstić information content (AvgIpc) is 2.38. The molecule has 5 heteroatoms. The summed E-state index contributed by atoms with van der Waals surface area (Å²) in [5.74, 6) is -0.792. The standard InChI is InChI=1S/C13H16N2O3/c1-3-18-13(17)10(2)15-12(16)7-6-11-5-4-8-14-9-11/h4-10H,3H2,1-2H3,(H,15,16). The highest BCUT2D eigenvalue weighted by Crippen LogP contribution is 1.98. The zero-order valence-electron chi connectivity index (χ0n) is 10.4. The van der Waals surface area contributed by atoms with E-state index in [0.29, 0.717) is 6.61 Å². The Morgan fingerprint density at radius 3 is 2.94 bits per heavy atom. The molecule has 0 saturated carbocycles. The minimum atomic E-state index is -0.656. The number of carbonyl (C=O) groups excluding carboxylic acids is 2. The van der Waals surface area contributed by atoms with E-state index in [1.807, 2.05) is 6.07 Å². The van der Waals surface area contributed by atoms with Crippen LogP contribution >= 0.6 is 0 Å². The second-order valence-corrected chi connectivity index (χ2v) is 3.60. The van der Waals surface area contributed by atoms with E-state index in [0.717, 1.165) is 5.56 Å². The first kappa shape index (κ1) is 13.9. The first-order chi connectivity index (χ1) is 8.63. The lowest BCUT2D eigenvalue weighted by Crippen LogP contribution is -2.38. The van der Waals surface area contributed by atoms with E-state index in [1.54, 1.807) is 38.4 Å². The van der Waals surface area contributed by atoms with Gasteiger partial charge >= 0.3 is 5.97 Å². The van der Waals surface area contributed by atoms with Gasteiger partial charge in [0.05, 0.1) is 6.61 Å². The molecule has 1 N–H and O–H groups in total. The highest BCUT2D eigenvalue weighted by molar-refractivity contribution is 5.94. The zero-order valence-corrected chi connectivity index (χ0v) is 10.4. The summed E-state index contributed by atoms with van der Waals surface area (Å²) in [4.78, 5) is 26.7. The number of nitrogens with one attached hydrogen (secondary N) is 1. The summed E-state index contributed by atoms with van der Waals surface area (Å²) in [5.41, 5.74) is 0.816. The van der Waals surface area contributed by atoms with E-state index < -0.39 is 12.0 Å². The monoisotopic (exact) mass is 248 g/mol. The topological polar surface area (TPSA) is 68.3 Å². The summed E-state index contributed by atoms with van der Waals surface area (Å²) in [6, 6.07) is 2.95. The van der Waals surface area contributed by atoms with Gasteiger partial charge < -0.3 is 10.1 Å². The normalized spacial score (nSPS) is 12.1. The summed E-state index contributed by atoms with van der Waals surface area (Å²) in [6.07, 6.45) is 6.27. The molecule has 0 radical (unpaired) electrons. The molecule has 18 heavy (non-hydrogen) atoms. The van der Waals surface area contributed by atoms with Crippen LogP contribution in [0.2, 0.25) is 0 Å². The number of carbonyl (C=O) groups is 2. The molecule has 1 unspecified atom stereocenters. The first-order valence-electron chi connectivity index (χ1n) is 5.68. The van der Waals surface area contributed by atoms with Gasteiger partial charge in [-0.1, -0.05) is 6.07 Å². The quantitative estimate of drug-likeness (QED) is 0.627. The van der Waals surface area contributed by atoms with Gasteiger partial charge in [0.15, 0.2) is 0 Å². The average molecular weight is 248 g/mol. The van der Waals surface area contributed by atoms with Gasteiger partial charge in [0, 0.05) is 18.5 Å². The predicted molar refractivity (Wildman–Crippen MR) is 67.5 cm³/mol. The van der Waals surface area contributed by atoms with Gasteiger partial charge in [-0.05, 0) is 31.6 Å².